The number of methoxy groups -OCH3 is 1. The van der Waals surface area contributed by atoms with Crippen molar-refractivity contribution in [3.05, 3.63) is 83.6 Å². The highest BCUT2D eigenvalue weighted by Gasteiger charge is 2.30. The summed E-state index contributed by atoms with van der Waals surface area (Å²) in [7, 11) is 1.61. The van der Waals surface area contributed by atoms with Crippen molar-refractivity contribution in [1.29, 1.82) is 0 Å². The summed E-state index contributed by atoms with van der Waals surface area (Å²) in [6.45, 7) is 6.82. The van der Waals surface area contributed by atoms with E-state index < -0.39 is 5.97 Å². The Morgan fingerprint density at radius 1 is 1.03 bits per heavy atom. The number of rotatable bonds is 7. The van der Waals surface area contributed by atoms with Crippen LogP contribution in [-0.2, 0) is 16.8 Å². The summed E-state index contributed by atoms with van der Waals surface area (Å²) >= 11 is 0. The number of carboxylic acids is 1. The van der Waals surface area contributed by atoms with Crippen molar-refractivity contribution >= 4 is 28.5 Å². The van der Waals surface area contributed by atoms with Gasteiger partial charge in [-0.25, -0.2) is 4.79 Å². The number of aromatic carboxylic acids is 1. The van der Waals surface area contributed by atoms with Gasteiger partial charge in [0.1, 0.15) is 11.4 Å². The number of ether oxygens (including phenoxy) is 1. The maximum atomic E-state index is 12.8. The number of fused-ring (bicyclic) bond motifs is 1. The predicted octanol–water partition coefficient (Wildman–Crippen LogP) is 6.71. The molecule has 1 aliphatic carbocycles. The summed E-state index contributed by atoms with van der Waals surface area (Å²) in [5.74, 6) is -0.191. The molecule has 4 aromatic rings. The highest BCUT2D eigenvalue weighted by molar-refractivity contribution is 6.09. The van der Waals surface area contributed by atoms with Crippen LogP contribution in [0, 0.1) is 5.92 Å². The number of nitrogens with one attached hydrogen (secondary N) is 1. The van der Waals surface area contributed by atoms with Crippen LogP contribution in [0.25, 0.3) is 22.0 Å². The molecule has 2 N–H and O–H groups in total. The molecule has 3 aromatic carbocycles. The largest absolute Gasteiger partial charge is 0.497 e. The van der Waals surface area contributed by atoms with E-state index >= 15 is 0 Å². The van der Waals surface area contributed by atoms with Gasteiger partial charge in [0.15, 0.2) is 0 Å². The molecule has 0 saturated heterocycles. The van der Waals surface area contributed by atoms with E-state index in [0.29, 0.717) is 23.5 Å². The van der Waals surface area contributed by atoms with Crippen molar-refractivity contribution in [3.8, 4) is 16.9 Å². The molecule has 1 aromatic heterocycles. The molecule has 5 rings (SSSR count). The van der Waals surface area contributed by atoms with Gasteiger partial charge >= 0.3 is 5.97 Å². The van der Waals surface area contributed by atoms with E-state index in [4.69, 9.17) is 4.74 Å². The topological polar surface area (TPSA) is 80.6 Å². The maximum absolute atomic E-state index is 12.8. The number of carbonyl (C=O) groups excluding carboxylic acids is 1. The van der Waals surface area contributed by atoms with Gasteiger partial charge in [0.25, 0.3) is 0 Å². The van der Waals surface area contributed by atoms with Crippen molar-refractivity contribution in [2.45, 2.75) is 45.6 Å². The molecule has 1 saturated carbocycles. The summed E-state index contributed by atoms with van der Waals surface area (Å²) in [6, 6.07) is 21.4. The van der Waals surface area contributed by atoms with Gasteiger partial charge in [0.05, 0.1) is 7.11 Å². The minimum Gasteiger partial charge on any atom is -0.497 e. The van der Waals surface area contributed by atoms with Gasteiger partial charge in [-0.05, 0) is 65.3 Å². The lowest BCUT2D eigenvalue weighted by molar-refractivity contribution is -0.117. The van der Waals surface area contributed by atoms with Crippen molar-refractivity contribution < 1.29 is 19.4 Å². The average Bonchev–Trinajstić information content (AvgIpc) is 3.67. The van der Waals surface area contributed by atoms with Crippen molar-refractivity contribution in [1.82, 2.24) is 4.57 Å². The van der Waals surface area contributed by atoms with Crippen LogP contribution in [0.3, 0.4) is 0 Å². The van der Waals surface area contributed by atoms with E-state index in [0.717, 1.165) is 34.9 Å². The summed E-state index contributed by atoms with van der Waals surface area (Å²) < 4.78 is 7.22. The van der Waals surface area contributed by atoms with Crippen LogP contribution in [-0.4, -0.2) is 28.7 Å². The summed E-state index contributed by atoms with van der Waals surface area (Å²) in [4.78, 5) is 25.2. The minimum atomic E-state index is -1.00. The van der Waals surface area contributed by atoms with E-state index in [2.05, 4.69) is 38.2 Å². The number of benzene rings is 3. The molecule has 0 unspecified atom stereocenters. The molecule has 190 valence electrons. The van der Waals surface area contributed by atoms with Gasteiger partial charge in [0.2, 0.25) is 5.91 Å². The van der Waals surface area contributed by atoms with Crippen LogP contribution in [0.5, 0.6) is 5.75 Å². The van der Waals surface area contributed by atoms with E-state index in [9.17, 15) is 14.7 Å². The van der Waals surface area contributed by atoms with Gasteiger partial charge < -0.3 is 19.7 Å². The molecular weight excluding hydrogens is 464 g/mol. The fourth-order valence-electron chi connectivity index (χ4n) is 4.79. The van der Waals surface area contributed by atoms with Crippen molar-refractivity contribution in [2.75, 3.05) is 12.4 Å². The Balaban J connectivity index is 1.70. The number of amides is 1. The van der Waals surface area contributed by atoms with Crippen LogP contribution in [0.15, 0.2) is 66.7 Å². The monoisotopic (exact) mass is 496 g/mol. The SMILES string of the molecule is COc1cccc(Cn2c(C(=O)O)c(-c3ccc(C(C)(C)C)cc3)c3cc(NC(=O)C4CC4)ccc32)c1. The molecule has 0 atom stereocenters. The lowest BCUT2D eigenvalue weighted by atomic mass is 9.86. The zero-order valence-electron chi connectivity index (χ0n) is 21.7. The summed E-state index contributed by atoms with van der Waals surface area (Å²) in [5, 5.41) is 14.3. The lowest BCUT2D eigenvalue weighted by Crippen LogP contribution is -2.13. The van der Waals surface area contributed by atoms with E-state index in [-0.39, 0.29) is 22.9 Å². The van der Waals surface area contributed by atoms with Crippen molar-refractivity contribution in [3.63, 3.8) is 0 Å². The second-order valence-corrected chi connectivity index (χ2v) is 10.8. The maximum Gasteiger partial charge on any atom is 0.353 e. The van der Waals surface area contributed by atoms with Crippen molar-refractivity contribution in [2.24, 2.45) is 5.92 Å². The third-order valence-electron chi connectivity index (χ3n) is 7.00. The molecular formula is C31H32N2O4. The van der Waals surface area contributed by atoms with E-state index in [1.165, 1.54) is 5.56 Å². The zero-order valence-corrected chi connectivity index (χ0v) is 21.7. The highest BCUT2D eigenvalue weighted by Crippen LogP contribution is 2.39. The average molecular weight is 497 g/mol. The van der Waals surface area contributed by atoms with Crippen LogP contribution in [0.1, 0.15) is 55.2 Å². The molecule has 1 fully saturated rings. The molecule has 0 bridgehead atoms. The van der Waals surface area contributed by atoms with Gasteiger partial charge in [-0.1, -0.05) is 57.2 Å². The lowest BCUT2D eigenvalue weighted by Gasteiger charge is -2.19. The van der Waals surface area contributed by atoms with Crippen LogP contribution < -0.4 is 10.1 Å². The predicted molar refractivity (Wildman–Crippen MR) is 146 cm³/mol. The molecule has 0 aliphatic heterocycles. The fourth-order valence-corrected chi connectivity index (χ4v) is 4.79. The number of aromatic nitrogens is 1. The normalized spacial score (nSPS) is 13.5. The molecule has 1 amide bonds. The molecule has 1 aliphatic rings. The van der Waals surface area contributed by atoms with Gasteiger partial charge in [0, 0.05) is 34.6 Å². The Morgan fingerprint density at radius 2 is 1.76 bits per heavy atom. The summed E-state index contributed by atoms with van der Waals surface area (Å²) in [6.07, 6.45) is 1.83. The standard InChI is InChI=1S/C31H32N2O4/c1-31(2,3)22-12-10-20(11-13-22)27-25-17-23(32-29(34)21-8-9-21)14-15-26(25)33(28(27)30(35)36)18-19-6-5-7-24(16-19)37-4/h5-7,10-17,21H,8-9,18H2,1-4H3,(H,32,34)(H,35,36). The van der Waals surface area contributed by atoms with Crippen LogP contribution in [0.4, 0.5) is 5.69 Å². The first-order valence-corrected chi connectivity index (χ1v) is 12.6. The molecule has 6 heteroatoms. The smallest absolute Gasteiger partial charge is 0.353 e. The molecule has 0 spiro atoms. The third kappa shape index (κ3) is 4.96. The number of hydrogen-bond donors (Lipinski definition) is 2. The van der Waals surface area contributed by atoms with Crippen LogP contribution >= 0.6 is 0 Å². The summed E-state index contributed by atoms with van der Waals surface area (Å²) in [5.41, 5.74) is 5.23. The first-order valence-electron chi connectivity index (χ1n) is 12.6. The first kappa shape index (κ1) is 24.6. The first-order chi connectivity index (χ1) is 17.7. The Hall–Kier alpha value is -4.06. The minimum absolute atomic E-state index is 0.0182. The second kappa shape index (κ2) is 9.43. The Morgan fingerprint density at radius 3 is 2.38 bits per heavy atom. The van der Waals surface area contributed by atoms with Gasteiger partial charge in [-0.15, -0.1) is 0 Å². The number of anilines is 1. The number of carbonyl (C=O) groups is 2. The van der Waals surface area contributed by atoms with Crippen LogP contribution in [0.2, 0.25) is 0 Å². The Kier molecular flexibility index (Phi) is 6.28. The van der Waals surface area contributed by atoms with E-state index in [1.54, 1.807) is 7.11 Å². The highest BCUT2D eigenvalue weighted by atomic mass is 16.5. The molecule has 37 heavy (non-hydrogen) atoms. The molecule has 1 heterocycles. The second-order valence-electron chi connectivity index (χ2n) is 10.8. The third-order valence-corrected chi connectivity index (χ3v) is 7.00. The molecule has 6 nitrogen and oxygen atoms in total. The Labute approximate surface area is 216 Å². The number of nitrogens with zero attached hydrogens (tertiary/aromatic N) is 1. The quantitative estimate of drug-likeness (QED) is 0.298. The Bertz CT molecular complexity index is 1490. The van der Waals surface area contributed by atoms with Gasteiger partial charge in [-0.3, -0.25) is 4.79 Å². The number of carboxylic acid groups (broad SMARTS) is 1. The molecule has 0 radical (unpaired) electrons. The van der Waals surface area contributed by atoms with E-state index in [1.807, 2.05) is 59.2 Å². The number of hydrogen-bond acceptors (Lipinski definition) is 3. The van der Waals surface area contributed by atoms with Gasteiger partial charge in [-0.2, -0.15) is 0 Å². The fraction of sp³-hybridized carbons (Fsp3) is 0.290. The zero-order chi connectivity index (χ0) is 26.3.